The van der Waals surface area contributed by atoms with E-state index in [9.17, 15) is 9.90 Å². The SMILES string of the molecule is Cc1ccc(C(O)CCCCC(=O)O)cc1C. The van der Waals surface area contributed by atoms with Gasteiger partial charge in [-0.05, 0) is 49.8 Å². The van der Waals surface area contributed by atoms with Crippen molar-refractivity contribution in [3.63, 3.8) is 0 Å². The van der Waals surface area contributed by atoms with E-state index in [0.717, 1.165) is 12.0 Å². The molecule has 1 unspecified atom stereocenters. The van der Waals surface area contributed by atoms with E-state index < -0.39 is 12.1 Å². The van der Waals surface area contributed by atoms with Crippen LogP contribution in [0.15, 0.2) is 18.2 Å². The number of aryl methyl sites for hydroxylation is 2. The van der Waals surface area contributed by atoms with Crippen molar-refractivity contribution in [3.8, 4) is 0 Å². The first-order valence-electron chi connectivity index (χ1n) is 5.97. The molecule has 0 saturated heterocycles. The summed E-state index contributed by atoms with van der Waals surface area (Å²) in [5.74, 6) is -0.773. The molecule has 1 aromatic rings. The number of hydrogen-bond donors (Lipinski definition) is 2. The predicted molar refractivity (Wildman–Crippen MR) is 67.0 cm³/mol. The summed E-state index contributed by atoms with van der Waals surface area (Å²) in [7, 11) is 0. The highest BCUT2D eigenvalue weighted by molar-refractivity contribution is 5.66. The van der Waals surface area contributed by atoms with Crippen LogP contribution in [0.1, 0.15) is 48.5 Å². The molecule has 3 nitrogen and oxygen atoms in total. The van der Waals surface area contributed by atoms with Crippen LogP contribution in [0.2, 0.25) is 0 Å². The van der Waals surface area contributed by atoms with Crippen molar-refractivity contribution in [1.29, 1.82) is 0 Å². The van der Waals surface area contributed by atoms with Gasteiger partial charge in [0.15, 0.2) is 0 Å². The first-order valence-corrected chi connectivity index (χ1v) is 5.97. The zero-order chi connectivity index (χ0) is 12.8. The van der Waals surface area contributed by atoms with Crippen LogP contribution in [0.25, 0.3) is 0 Å². The second-order valence-electron chi connectivity index (χ2n) is 4.50. The van der Waals surface area contributed by atoms with E-state index in [2.05, 4.69) is 0 Å². The number of aliphatic hydroxyl groups is 1. The molecule has 2 N–H and O–H groups in total. The van der Waals surface area contributed by atoms with E-state index in [0.29, 0.717) is 12.8 Å². The van der Waals surface area contributed by atoms with Gasteiger partial charge >= 0.3 is 5.97 Å². The fourth-order valence-electron chi connectivity index (χ4n) is 1.75. The number of aliphatic hydroxyl groups excluding tert-OH is 1. The third-order valence-corrected chi connectivity index (χ3v) is 3.03. The Morgan fingerprint density at radius 2 is 1.94 bits per heavy atom. The van der Waals surface area contributed by atoms with Gasteiger partial charge in [0, 0.05) is 6.42 Å². The molecule has 17 heavy (non-hydrogen) atoms. The fraction of sp³-hybridized carbons (Fsp3) is 0.500. The topological polar surface area (TPSA) is 57.5 Å². The molecule has 0 aromatic heterocycles. The van der Waals surface area contributed by atoms with Crippen molar-refractivity contribution in [3.05, 3.63) is 34.9 Å². The predicted octanol–water partition coefficient (Wildman–Crippen LogP) is 2.98. The van der Waals surface area contributed by atoms with Gasteiger partial charge in [-0.25, -0.2) is 0 Å². The van der Waals surface area contributed by atoms with E-state index >= 15 is 0 Å². The minimum absolute atomic E-state index is 0.180. The van der Waals surface area contributed by atoms with Crippen LogP contribution in [0.3, 0.4) is 0 Å². The van der Waals surface area contributed by atoms with Crippen molar-refractivity contribution >= 4 is 5.97 Å². The van der Waals surface area contributed by atoms with Gasteiger partial charge in [-0.3, -0.25) is 4.79 Å². The molecule has 0 heterocycles. The Labute approximate surface area is 102 Å². The monoisotopic (exact) mass is 236 g/mol. The maximum atomic E-state index is 10.3. The van der Waals surface area contributed by atoms with Gasteiger partial charge in [-0.2, -0.15) is 0 Å². The summed E-state index contributed by atoms with van der Waals surface area (Å²) in [5, 5.41) is 18.5. The molecule has 0 amide bonds. The lowest BCUT2D eigenvalue weighted by Crippen LogP contribution is -2.00. The molecule has 0 saturated carbocycles. The van der Waals surface area contributed by atoms with Gasteiger partial charge in [0.1, 0.15) is 0 Å². The third kappa shape index (κ3) is 4.57. The molecule has 0 aliphatic heterocycles. The summed E-state index contributed by atoms with van der Waals surface area (Å²) in [4.78, 5) is 10.3. The number of hydrogen-bond acceptors (Lipinski definition) is 2. The van der Waals surface area contributed by atoms with Crippen molar-refractivity contribution in [2.24, 2.45) is 0 Å². The fourth-order valence-corrected chi connectivity index (χ4v) is 1.75. The minimum atomic E-state index is -0.773. The first kappa shape index (κ1) is 13.7. The van der Waals surface area contributed by atoms with Gasteiger partial charge in [0.2, 0.25) is 0 Å². The van der Waals surface area contributed by atoms with Crippen LogP contribution in [0, 0.1) is 13.8 Å². The van der Waals surface area contributed by atoms with Crippen molar-refractivity contribution in [2.75, 3.05) is 0 Å². The van der Waals surface area contributed by atoms with Crippen LogP contribution < -0.4 is 0 Å². The summed E-state index contributed by atoms with van der Waals surface area (Å²) >= 11 is 0. The number of carboxylic acids is 1. The second kappa shape index (κ2) is 6.40. The maximum Gasteiger partial charge on any atom is 0.303 e. The minimum Gasteiger partial charge on any atom is -0.481 e. The van der Waals surface area contributed by atoms with E-state index in [1.54, 1.807) is 0 Å². The Kier molecular flexibility index (Phi) is 5.16. The number of benzene rings is 1. The van der Waals surface area contributed by atoms with E-state index in [4.69, 9.17) is 5.11 Å². The Morgan fingerprint density at radius 3 is 2.53 bits per heavy atom. The Bertz CT molecular complexity index is 385. The first-order chi connectivity index (χ1) is 8.00. The summed E-state index contributed by atoms with van der Waals surface area (Å²) in [6.45, 7) is 4.06. The van der Waals surface area contributed by atoms with Crippen LogP contribution in [0.4, 0.5) is 0 Å². The molecule has 0 aliphatic carbocycles. The average molecular weight is 236 g/mol. The highest BCUT2D eigenvalue weighted by atomic mass is 16.4. The standard InChI is InChI=1S/C14H20O3/c1-10-7-8-12(9-11(10)2)13(15)5-3-4-6-14(16)17/h7-9,13,15H,3-6H2,1-2H3,(H,16,17). The van der Waals surface area contributed by atoms with Crippen molar-refractivity contribution in [1.82, 2.24) is 0 Å². The molecule has 0 bridgehead atoms. The Balaban J connectivity index is 2.44. The van der Waals surface area contributed by atoms with E-state index in [1.807, 2.05) is 32.0 Å². The Hall–Kier alpha value is -1.35. The van der Waals surface area contributed by atoms with Crippen molar-refractivity contribution in [2.45, 2.75) is 45.6 Å². The maximum absolute atomic E-state index is 10.3. The molecule has 0 radical (unpaired) electrons. The van der Waals surface area contributed by atoms with E-state index in [-0.39, 0.29) is 6.42 Å². The molecular weight excluding hydrogens is 216 g/mol. The van der Waals surface area contributed by atoms with Gasteiger partial charge in [0.25, 0.3) is 0 Å². The smallest absolute Gasteiger partial charge is 0.303 e. The molecule has 1 atom stereocenters. The summed E-state index contributed by atoms with van der Waals surface area (Å²) in [6.07, 6.45) is 1.68. The number of carboxylic acid groups (broad SMARTS) is 1. The number of aliphatic carboxylic acids is 1. The summed E-state index contributed by atoms with van der Waals surface area (Å²) in [6, 6.07) is 5.94. The normalized spacial score (nSPS) is 12.4. The average Bonchev–Trinajstić information content (AvgIpc) is 2.27. The molecule has 1 aromatic carbocycles. The van der Waals surface area contributed by atoms with Gasteiger partial charge in [0.05, 0.1) is 6.10 Å². The summed E-state index contributed by atoms with van der Waals surface area (Å²) < 4.78 is 0. The highest BCUT2D eigenvalue weighted by Crippen LogP contribution is 2.21. The number of unbranched alkanes of at least 4 members (excludes halogenated alkanes) is 1. The lowest BCUT2D eigenvalue weighted by atomic mass is 9.99. The molecule has 1 rings (SSSR count). The Morgan fingerprint density at radius 1 is 1.24 bits per heavy atom. The van der Waals surface area contributed by atoms with Crippen LogP contribution >= 0.6 is 0 Å². The van der Waals surface area contributed by atoms with Gasteiger partial charge < -0.3 is 10.2 Å². The molecule has 0 aliphatic rings. The molecule has 94 valence electrons. The lowest BCUT2D eigenvalue weighted by Gasteiger charge is -2.12. The van der Waals surface area contributed by atoms with Crippen LogP contribution in [0.5, 0.6) is 0 Å². The van der Waals surface area contributed by atoms with E-state index in [1.165, 1.54) is 11.1 Å². The van der Waals surface area contributed by atoms with Crippen LogP contribution in [-0.4, -0.2) is 16.2 Å². The number of rotatable bonds is 6. The molecule has 3 heteroatoms. The molecular formula is C14H20O3. The number of carbonyl (C=O) groups is 1. The third-order valence-electron chi connectivity index (χ3n) is 3.03. The van der Waals surface area contributed by atoms with Crippen LogP contribution in [-0.2, 0) is 4.79 Å². The highest BCUT2D eigenvalue weighted by Gasteiger charge is 2.08. The summed E-state index contributed by atoms with van der Waals surface area (Å²) in [5.41, 5.74) is 3.31. The van der Waals surface area contributed by atoms with Gasteiger partial charge in [-0.1, -0.05) is 18.2 Å². The zero-order valence-corrected chi connectivity index (χ0v) is 10.4. The second-order valence-corrected chi connectivity index (χ2v) is 4.50. The largest absolute Gasteiger partial charge is 0.481 e. The lowest BCUT2D eigenvalue weighted by molar-refractivity contribution is -0.137. The molecule has 0 fully saturated rings. The van der Waals surface area contributed by atoms with Crippen molar-refractivity contribution < 1.29 is 15.0 Å². The molecule has 0 spiro atoms. The quantitative estimate of drug-likeness (QED) is 0.746. The zero-order valence-electron chi connectivity index (χ0n) is 10.4. The van der Waals surface area contributed by atoms with Gasteiger partial charge in [-0.15, -0.1) is 0 Å².